The van der Waals surface area contributed by atoms with Gasteiger partial charge in [-0.15, -0.1) is 0 Å². The molecule has 0 aliphatic carbocycles. The lowest BCUT2D eigenvalue weighted by Gasteiger charge is -2.45. The summed E-state index contributed by atoms with van der Waals surface area (Å²) >= 11 is 0. The molecule has 1 N–H and O–H groups in total. The van der Waals surface area contributed by atoms with E-state index in [0.29, 0.717) is 28.4 Å². The Morgan fingerprint density at radius 1 is 1.03 bits per heavy atom. The van der Waals surface area contributed by atoms with Crippen molar-refractivity contribution in [1.29, 1.82) is 0 Å². The fraction of sp³-hybridized carbons (Fsp3) is 0.400. The normalized spacial score (nSPS) is 16.9. The Morgan fingerprint density at radius 3 is 2.50 bits per heavy atom. The highest BCUT2D eigenvalue weighted by Gasteiger charge is 2.40. The van der Waals surface area contributed by atoms with Gasteiger partial charge in [-0.2, -0.15) is 0 Å². The number of hydrogen-bond donors (Lipinski definition) is 1. The zero-order valence-electron chi connectivity index (χ0n) is 20.0. The first-order chi connectivity index (χ1) is 16.3. The monoisotopic (exact) mass is 466 g/mol. The summed E-state index contributed by atoms with van der Waals surface area (Å²) in [6.07, 6.45) is 2.71. The second-order valence-electron chi connectivity index (χ2n) is 8.65. The highest BCUT2D eigenvalue weighted by molar-refractivity contribution is 6.11. The molecule has 9 heteroatoms. The fourth-order valence-electron chi connectivity index (χ4n) is 4.57. The number of anilines is 3. The number of rotatable bonds is 6. The van der Waals surface area contributed by atoms with Crippen LogP contribution in [0.25, 0.3) is 0 Å². The van der Waals surface area contributed by atoms with Crippen LogP contribution < -0.4 is 24.6 Å². The van der Waals surface area contributed by atoms with E-state index in [1.54, 1.807) is 51.5 Å². The number of hydrogen-bond acceptors (Lipinski definition) is 6. The van der Waals surface area contributed by atoms with Gasteiger partial charge in [0.25, 0.3) is 5.91 Å². The number of benzene rings is 2. The van der Waals surface area contributed by atoms with Crippen molar-refractivity contribution in [1.82, 2.24) is 4.90 Å². The predicted octanol–water partition coefficient (Wildman–Crippen LogP) is 2.75. The van der Waals surface area contributed by atoms with E-state index in [-0.39, 0.29) is 30.3 Å². The maximum Gasteiger partial charge on any atom is 0.253 e. The lowest BCUT2D eigenvalue weighted by molar-refractivity contribution is -0.123. The van der Waals surface area contributed by atoms with Crippen molar-refractivity contribution in [3.63, 3.8) is 0 Å². The second kappa shape index (κ2) is 9.62. The van der Waals surface area contributed by atoms with Crippen LogP contribution >= 0.6 is 0 Å². The van der Waals surface area contributed by atoms with Crippen molar-refractivity contribution in [3.05, 3.63) is 42.0 Å². The molecule has 2 heterocycles. The SMILES string of the molecule is COc1ccc(NC(=O)CN2C(=O)[C@H]3CCCCN3c3ccc(C(=O)N(C)C)cc32)cc1OC. The van der Waals surface area contributed by atoms with Gasteiger partial charge in [-0.3, -0.25) is 19.3 Å². The van der Waals surface area contributed by atoms with Gasteiger partial charge in [-0.1, -0.05) is 0 Å². The summed E-state index contributed by atoms with van der Waals surface area (Å²) in [7, 11) is 6.43. The van der Waals surface area contributed by atoms with Gasteiger partial charge in [-0.25, -0.2) is 0 Å². The quantitative estimate of drug-likeness (QED) is 0.704. The smallest absolute Gasteiger partial charge is 0.253 e. The average Bonchev–Trinajstić information content (AvgIpc) is 2.85. The molecule has 2 aromatic carbocycles. The van der Waals surface area contributed by atoms with Gasteiger partial charge in [0.1, 0.15) is 12.6 Å². The zero-order valence-corrected chi connectivity index (χ0v) is 20.0. The third-order valence-corrected chi connectivity index (χ3v) is 6.25. The molecule has 180 valence electrons. The van der Waals surface area contributed by atoms with Gasteiger partial charge in [0.2, 0.25) is 11.8 Å². The molecule has 0 bridgehead atoms. The molecule has 9 nitrogen and oxygen atoms in total. The fourth-order valence-corrected chi connectivity index (χ4v) is 4.57. The van der Waals surface area contributed by atoms with Gasteiger partial charge in [0.15, 0.2) is 11.5 Å². The Bertz CT molecular complexity index is 1120. The summed E-state index contributed by atoms with van der Waals surface area (Å²) in [5, 5.41) is 2.84. The van der Waals surface area contributed by atoms with Crippen molar-refractivity contribution in [3.8, 4) is 11.5 Å². The molecule has 0 saturated carbocycles. The molecule has 2 aliphatic rings. The molecule has 3 amide bonds. The Labute approximate surface area is 199 Å². The minimum Gasteiger partial charge on any atom is -0.493 e. The maximum absolute atomic E-state index is 13.5. The number of methoxy groups -OCH3 is 2. The van der Waals surface area contributed by atoms with Crippen LogP contribution in [0.15, 0.2) is 36.4 Å². The highest BCUT2D eigenvalue weighted by Crippen LogP contribution is 2.40. The summed E-state index contributed by atoms with van der Waals surface area (Å²) in [4.78, 5) is 44.2. The number of nitrogens with one attached hydrogen (secondary N) is 1. The molecule has 0 radical (unpaired) electrons. The van der Waals surface area contributed by atoms with Crippen LogP contribution in [0, 0.1) is 0 Å². The molecule has 1 fully saturated rings. The van der Waals surface area contributed by atoms with Crippen LogP contribution in [-0.4, -0.2) is 70.1 Å². The van der Waals surface area contributed by atoms with E-state index in [9.17, 15) is 14.4 Å². The maximum atomic E-state index is 13.5. The zero-order chi connectivity index (χ0) is 24.4. The molecule has 0 aromatic heterocycles. The lowest BCUT2D eigenvalue weighted by atomic mass is 9.95. The highest BCUT2D eigenvalue weighted by atomic mass is 16.5. The molecule has 1 saturated heterocycles. The number of piperidine rings is 1. The first-order valence-corrected chi connectivity index (χ1v) is 11.3. The van der Waals surface area contributed by atoms with Crippen LogP contribution in [0.1, 0.15) is 29.6 Å². The Balaban J connectivity index is 1.64. The van der Waals surface area contributed by atoms with Gasteiger partial charge >= 0.3 is 0 Å². The van der Waals surface area contributed by atoms with E-state index >= 15 is 0 Å². The molecule has 0 unspecified atom stereocenters. The first-order valence-electron chi connectivity index (χ1n) is 11.3. The van der Waals surface area contributed by atoms with Crippen molar-refractivity contribution in [2.45, 2.75) is 25.3 Å². The molecule has 2 aromatic rings. The number of fused-ring (bicyclic) bond motifs is 3. The standard InChI is InChI=1S/C25H30N4O5/c1-27(2)24(31)16-8-10-18-20(13-16)29(25(32)19-7-5-6-12-28(18)19)15-23(30)26-17-9-11-21(33-3)22(14-17)34-4/h8-11,13-14,19H,5-7,12,15H2,1-4H3,(H,26,30)/t19-/m1/s1. The van der Waals surface area contributed by atoms with E-state index in [4.69, 9.17) is 9.47 Å². The predicted molar refractivity (Wildman–Crippen MR) is 130 cm³/mol. The third-order valence-electron chi connectivity index (χ3n) is 6.25. The van der Waals surface area contributed by atoms with Crippen molar-refractivity contribution >= 4 is 34.8 Å². The van der Waals surface area contributed by atoms with Gasteiger partial charge in [0.05, 0.1) is 25.6 Å². The Morgan fingerprint density at radius 2 is 1.79 bits per heavy atom. The average molecular weight is 467 g/mol. The number of carbonyl (C=O) groups excluding carboxylic acids is 3. The molecule has 34 heavy (non-hydrogen) atoms. The van der Waals surface area contributed by atoms with E-state index in [2.05, 4.69) is 10.2 Å². The van der Waals surface area contributed by atoms with Gasteiger partial charge in [-0.05, 0) is 49.6 Å². The molecule has 2 aliphatic heterocycles. The molecule has 4 rings (SSSR count). The number of amides is 3. The van der Waals surface area contributed by atoms with Crippen LogP contribution in [0.2, 0.25) is 0 Å². The van der Waals surface area contributed by atoms with E-state index in [0.717, 1.165) is 31.5 Å². The van der Waals surface area contributed by atoms with Gasteiger partial charge in [0, 0.05) is 38.0 Å². The van der Waals surface area contributed by atoms with Crippen LogP contribution in [0.5, 0.6) is 11.5 Å². The number of nitrogens with zero attached hydrogens (tertiary/aromatic N) is 3. The minimum absolute atomic E-state index is 0.121. The van der Waals surface area contributed by atoms with E-state index in [1.807, 2.05) is 6.07 Å². The van der Waals surface area contributed by atoms with Crippen molar-refractivity contribution in [2.75, 3.05) is 56.5 Å². The van der Waals surface area contributed by atoms with Crippen LogP contribution in [0.4, 0.5) is 17.1 Å². The molecule has 0 spiro atoms. The summed E-state index contributed by atoms with van der Waals surface area (Å²) < 4.78 is 10.5. The Hall–Kier alpha value is -3.75. The first kappa shape index (κ1) is 23.4. The molecular formula is C25H30N4O5. The van der Waals surface area contributed by atoms with E-state index in [1.165, 1.54) is 16.9 Å². The van der Waals surface area contributed by atoms with E-state index < -0.39 is 0 Å². The summed E-state index contributed by atoms with van der Waals surface area (Å²) in [6, 6.07) is 10.2. The van der Waals surface area contributed by atoms with Crippen LogP contribution in [-0.2, 0) is 9.59 Å². The summed E-state index contributed by atoms with van der Waals surface area (Å²) in [5.74, 6) is 0.412. The largest absolute Gasteiger partial charge is 0.493 e. The summed E-state index contributed by atoms with van der Waals surface area (Å²) in [5.41, 5.74) is 2.46. The Kier molecular flexibility index (Phi) is 6.63. The lowest BCUT2D eigenvalue weighted by Crippen LogP contribution is -2.56. The molecular weight excluding hydrogens is 436 g/mol. The van der Waals surface area contributed by atoms with Crippen molar-refractivity contribution < 1.29 is 23.9 Å². The number of carbonyl (C=O) groups is 3. The number of ether oxygens (including phenoxy) is 2. The molecule has 1 atom stereocenters. The minimum atomic E-state index is -0.347. The second-order valence-corrected chi connectivity index (χ2v) is 8.65. The topological polar surface area (TPSA) is 91.4 Å². The third kappa shape index (κ3) is 4.37. The summed E-state index contributed by atoms with van der Waals surface area (Å²) in [6.45, 7) is 0.611. The van der Waals surface area contributed by atoms with Crippen LogP contribution in [0.3, 0.4) is 0 Å². The van der Waals surface area contributed by atoms with Gasteiger partial charge < -0.3 is 24.6 Å². The van der Waals surface area contributed by atoms with Crippen molar-refractivity contribution in [2.24, 2.45) is 0 Å².